The van der Waals surface area contributed by atoms with Gasteiger partial charge in [0, 0.05) is 41.6 Å². The van der Waals surface area contributed by atoms with Gasteiger partial charge in [0.2, 0.25) is 0 Å². The van der Waals surface area contributed by atoms with Gasteiger partial charge < -0.3 is 20.5 Å². The molecular formula is C26H37N3O3. The smallest absolute Gasteiger partial charge is 0.404 e. The molecule has 0 saturated heterocycles. The number of benzene rings is 1. The Balaban J connectivity index is 1.62. The van der Waals surface area contributed by atoms with Crippen LogP contribution in [0.5, 0.6) is 5.75 Å². The highest BCUT2D eigenvalue weighted by Gasteiger charge is 2.35. The fourth-order valence-corrected chi connectivity index (χ4v) is 4.82. The molecule has 6 heteroatoms. The first-order chi connectivity index (χ1) is 15.2. The van der Waals surface area contributed by atoms with Crippen LogP contribution >= 0.6 is 0 Å². The molecule has 2 aromatic rings. The summed E-state index contributed by atoms with van der Waals surface area (Å²) in [7, 11) is 1.71. The third kappa shape index (κ3) is 6.22. The van der Waals surface area contributed by atoms with Gasteiger partial charge in [-0.1, -0.05) is 32.9 Å². The molecule has 6 nitrogen and oxygen atoms in total. The SMILES string of the molecule is COc1ccc(-c2ccc(C)nc2)cc1CNC1CCC(C(NC(=O)O)C(C)(C)C)CC1. The normalized spacial score (nSPS) is 19.9. The van der Waals surface area contributed by atoms with Gasteiger partial charge in [-0.3, -0.25) is 4.98 Å². The Labute approximate surface area is 191 Å². The van der Waals surface area contributed by atoms with Gasteiger partial charge in [-0.05, 0) is 67.7 Å². The van der Waals surface area contributed by atoms with Crippen molar-refractivity contribution in [2.75, 3.05) is 7.11 Å². The Hall–Kier alpha value is -2.60. The summed E-state index contributed by atoms with van der Waals surface area (Å²) < 4.78 is 5.60. The Morgan fingerprint density at radius 1 is 1.16 bits per heavy atom. The zero-order chi connectivity index (χ0) is 23.3. The van der Waals surface area contributed by atoms with Crippen molar-refractivity contribution in [3.05, 3.63) is 47.8 Å². The van der Waals surface area contributed by atoms with Crippen LogP contribution in [0.15, 0.2) is 36.5 Å². The summed E-state index contributed by atoms with van der Waals surface area (Å²) in [5.41, 5.74) is 4.27. The van der Waals surface area contributed by atoms with E-state index in [1.807, 2.05) is 25.3 Å². The van der Waals surface area contributed by atoms with Gasteiger partial charge in [0.1, 0.15) is 5.75 Å². The maximum absolute atomic E-state index is 11.3. The van der Waals surface area contributed by atoms with Gasteiger partial charge in [0.05, 0.1) is 7.11 Å². The molecule has 1 aliphatic carbocycles. The summed E-state index contributed by atoms with van der Waals surface area (Å²) in [6.07, 6.45) is 5.11. The van der Waals surface area contributed by atoms with Crippen molar-refractivity contribution < 1.29 is 14.6 Å². The first-order valence-electron chi connectivity index (χ1n) is 11.5. The molecule has 1 aliphatic rings. The molecule has 1 aromatic carbocycles. The van der Waals surface area contributed by atoms with Gasteiger partial charge in [-0.15, -0.1) is 0 Å². The number of hydrogen-bond donors (Lipinski definition) is 3. The summed E-state index contributed by atoms with van der Waals surface area (Å²) in [5.74, 6) is 1.25. The third-order valence-corrected chi connectivity index (χ3v) is 6.56. The quantitative estimate of drug-likeness (QED) is 0.538. The maximum Gasteiger partial charge on any atom is 0.404 e. The minimum absolute atomic E-state index is 0.0270. The second kappa shape index (κ2) is 10.3. The van der Waals surface area contributed by atoms with E-state index in [9.17, 15) is 9.90 Å². The average Bonchev–Trinajstić information content (AvgIpc) is 2.76. The summed E-state index contributed by atoms with van der Waals surface area (Å²) in [5, 5.41) is 15.8. The van der Waals surface area contributed by atoms with Crippen molar-refractivity contribution in [3.8, 4) is 16.9 Å². The average molecular weight is 440 g/mol. The number of methoxy groups -OCH3 is 1. The summed E-state index contributed by atoms with van der Waals surface area (Å²) in [4.78, 5) is 15.7. The zero-order valence-corrected chi connectivity index (χ0v) is 19.9. The third-order valence-electron chi connectivity index (χ3n) is 6.56. The van der Waals surface area contributed by atoms with Crippen molar-refractivity contribution in [3.63, 3.8) is 0 Å². The molecule has 3 N–H and O–H groups in total. The van der Waals surface area contributed by atoms with E-state index >= 15 is 0 Å². The lowest BCUT2D eigenvalue weighted by atomic mass is 9.72. The minimum Gasteiger partial charge on any atom is -0.496 e. The number of amides is 1. The van der Waals surface area contributed by atoms with E-state index in [4.69, 9.17) is 4.74 Å². The molecule has 1 amide bonds. The Morgan fingerprint density at radius 2 is 1.84 bits per heavy atom. The lowest BCUT2D eigenvalue weighted by molar-refractivity contribution is 0.129. The van der Waals surface area contributed by atoms with E-state index in [0.29, 0.717) is 12.0 Å². The standard InChI is InChI=1S/C26H37N3O3/c1-17-6-7-20(15-27-17)19-10-13-23(32-5)21(14-19)16-28-22-11-8-18(9-12-22)24(26(2,3)4)29-25(30)31/h6-7,10,13-15,18,22,24,28-29H,8-9,11-12,16H2,1-5H3,(H,30,31). The van der Waals surface area contributed by atoms with E-state index in [0.717, 1.165) is 60.4 Å². The molecule has 1 fully saturated rings. The van der Waals surface area contributed by atoms with E-state index in [1.54, 1.807) is 7.11 Å². The van der Waals surface area contributed by atoms with Crippen molar-refractivity contribution in [1.29, 1.82) is 0 Å². The molecule has 0 radical (unpaired) electrons. The van der Waals surface area contributed by atoms with Crippen LogP contribution < -0.4 is 15.4 Å². The number of carboxylic acid groups (broad SMARTS) is 1. The van der Waals surface area contributed by atoms with E-state index in [-0.39, 0.29) is 11.5 Å². The summed E-state index contributed by atoms with van der Waals surface area (Å²) >= 11 is 0. The lowest BCUT2D eigenvalue weighted by Gasteiger charge is -2.40. The van der Waals surface area contributed by atoms with Crippen molar-refractivity contribution in [2.24, 2.45) is 11.3 Å². The Bertz CT molecular complexity index is 898. The molecule has 1 heterocycles. The highest BCUT2D eigenvalue weighted by molar-refractivity contribution is 5.65. The first-order valence-corrected chi connectivity index (χ1v) is 11.5. The van der Waals surface area contributed by atoms with Crippen molar-refractivity contribution >= 4 is 6.09 Å². The first kappa shape index (κ1) is 24.1. The molecule has 1 atom stereocenters. The Morgan fingerprint density at radius 3 is 2.41 bits per heavy atom. The van der Waals surface area contributed by atoms with Crippen LogP contribution in [0, 0.1) is 18.3 Å². The predicted octanol–water partition coefficient (Wildman–Crippen LogP) is 5.40. The predicted molar refractivity (Wildman–Crippen MR) is 128 cm³/mol. The maximum atomic E-state index is 11.3. The fraction of sp³-hybridized carbons (Fsp3) is 0.538. The number of hydrogen-bond acceptors (Lipinski definition) is 4. The van der Waals surface area contributed by atoms with Crippen LogP contribution in [0.25, 0.3) is 11.1 Å². The number of aromatic nitrogens is 1. The summed E-state index contributed by atoms with van der Waals surface area (Å²) in [6.45, 7) is 9.06. The van der Waals surface area contributed by atoms with E-state index in [2.05, 4.69) is 54.6 Å². The highest BCUT2D eigenvalue weighted by atomic mass is 16.5. The number of nitrogens with one attached hydrogen (secondary N) is 2. The van der Waals surface area contributed by atoms with Crippen LogP contribution in [-0.4, -0.2) is 35.4 Å². The molecule has 3 rings (SSSR count). The van der Waals surface area contributed by atoms with Gasteiger partial charge in [0.25, 0.3) is 0 Å². The number of ether oxygens (including phenoxy) is 1. The molecule has 0 aliphatic heterocycles. The molecule has 1 unspecified atom stereocenters. The molecule has 0 spiro atoms. The number of pyridine rings is 1. The van der Waals surface area contributed by atoms with Gasteiger partial charge in [-0.25, -0.2) is 4.79 Å². The second-order valence-corrected chi connectivity index (χ2v) is 10.0. The van der Waals surface area contributed by atoms with Gasteiger partial charge in [-0.2, -0.15) is 0 Å². The minimum atomic E-state index is -0.930. The molecule has 0 bridgehead atoms. The second-order valence-electron chi connectivity index (χ2n) is 10.0. The lowest BCUT2D eigenvalue weighted by Crippen LogP contribution is -2.50. The van der Waals surface area contributed by atoms with Crippen LogP contribution in [0.4, 0.5) is 4.79 Å². The largest absolute Gasteiger partial charge is 0.496 e. The molecule has 174 valence electrons. The van der Waals surface area contributed by atoms with E-state index < -0.39 is 6.09 Å². The number of aryl methyl sites for hydroxylation is 1. The fourth-order valence-electron chi connectivity index (χ4n) is 4.82. The zero-order valence-electron chi connectivity index (χ0n) is 19.9. The van der Waals surface area contributed by atoms with E-state index in [1.165, 1.54) is 0 Å². The number of nitrogens with zero attached hydrogens (tertiary/aromatic N) is 1. The molecule has 1 saturated carbocycles. The van der Waals surface area contributed by atoms with Crippen LogP contribution in [0.3, 0.4) is 0 Å². The van der Waals surface area contributed by atoms with Crippen LogP contribution in [0.2, 0.25) is 0 Å². The van der Waals surface area contributed by atoms with Crippen molar-refractivity contribution in [2.45, 2.75) is 72.0 Å². The molecule has 1 aromatic heterocycles. The van der Waals surface area contributed by atoms with Gasteiger partial charge in [0.15, 0.2) is 0 Å². The Kier molecular flexibility index (Phi) is 7.77. The van der Waals surface area contributed by atoms with Gasteiger partial charge >= 0.3 is 6.09 Å². The number of carbonyl (C=O) groups is 1. The van der Waals surface area contributed by atoms with Crippen LogP contribution in [-0.2, 0) is 6.54 Å². The number of rotatable bonds is 7. The van der Waals surface area contributed by atoms with Crippen LogP contribution in [0.1, 0.15) is 57.7 Å². The summed E-state index contributed by atoms with van der Waals surface area (Å²) in [6, 6.07) is 10.8. The topological polar surface area (TPSA) is 83.5 Å². The molecular weight excluding hydrogens is 402 g/mol. The highest BCUT2D eigenvalue weighted by Crippen LogP contribution is 2.35. The molecule has 32 heavy (non-hydrogen) atoms. The monoisotopic (exact) mass is 439 g/mol. The van der Waals surface area contributed by atoms with Crippen molar-refractivity contribution in [1.82, 2.24) is 15.6 Å².